The molecule has 6 heteroatoms. The summed E-state index contributed by atoms with van der Waals surface area (Å²) in [6.07, 6.45) is 0. The monoisotopic (exact) mass is 218 g/mol. The summed E-state index contributed by atoms with van der Waals surface area (Å²) in [5, 5.41) is 8.72. The smallest absolute Gasteiger partial charge is 0.246 e. The Kier molecular flexibility index (Phi) is 2.54. The highest BCUT2D eigenvalue weighted by Gasteiger charge is 2.15. The Hall–Kier alpha value is -2.39. The lowest BCUT2D eigenvalue weighted by Crippen LogP contribution is -2.06. The first-order valence-corrected chi connectivity index (χ1v) is 4.38. The van der Waals surface area contributed by atoms with E-state index < -0.39 is 5.82 Å². The van der Waals surface area contributed by atoms with Crippen LogP contribution in [0.15, 0.2) is 28.7 Å². The van der Waals surface area contributed by atoms with Crippen molar-refractivity contribution < 1.29 is 8.81 Å². The maximum atomic E-state index is 13.4. The summed E-state index contributed by atoms with van der Waals surface area (Å²) in [5.74, 6) is 4.68. The number of hydrazine groups is 1. The van der Waals surface area contributed by atoms with Gasteiger partial charge in [0.25, 0.3) is 0 Å². The Balaban J connectivity index is 2.54. The van der Waals surface area contributed by atoms with Crippen molar-refractivity contribution in [1.29, 1.82) is 5.26 Å². The number of aromatic nitrogens is 1. The maximum absolute atomic E-state index is 13.4. The molecule has 3 N–H and O–H groups in total. The van der Waals surface area contributed by atoms with E-state index in [9.17, 15) is 4.39 Å². The molecule has 1 aromatic heterocycles. The molecule has 0 saturated carbocycles. The molecule has 0 aliphatic heterocycles. The molecule has 0 spiro atoms. The van der Waals surface area contributed by atoms with Crippen LogP contribution in [0, 0.1) is 17.1 Å². The van der Waals surface area contributed by atoms with Crippen LogP contribution in [0.25, 0.3) is 11.5 Å². The number of nitriles is 1. The Morgan fingerprint density at radius 3 is 2.75 bits per heavy atom. The van der Waals surface area contributed by atoms with Crippen LogP contribution < -0.4 is 11.3 Å². The fraction of sp³-hybridized carbons (Fsp3) is 0. The molecule has 1 aromatic carbocycles. The van der Waals surface area contributed by atoms with E-state index in [1.54, 1.807) is 18.2 Å². The van der Waals surface area contributed by atoms with Crippen LogP contribution in [0.1, 0.15) is 5.69 Å². The molecule has 0 atom stereocenters. The van der Waals surface area contributed by atoms with Gasteiger partial charge in [-0.25, -0.2) is 10.2 Å². The van der Waals surface area contributed by atoms with Crippen LogP contribution in [-0.4, -0.2) is 4.98 Å². The van der Waals surface area contributed by atoms with Crippen molar-refractivity contribution in [1.82, 2.24) is 4.98 Å². The standard InChI is InChI=1S/C10H7FN4O/c11-7-4-2-1-3-6(7)9-14-8(5-12)10(15-13)16-9/h1-4,15H,13H2. The summed E-state index contributed by atoms with van der Waals surface area (Å²) in [6.45, 7) is 0. The Morgan fingerprint density at radius 1 is 1.44 bits per heavy atom. The highest BCUT2D eigenvalue weighted by molar-refractivity contribution is 5.58. The summed E-state index contributed by atoms with van der Waals surface area (Å²) in [6, 6.07) is 7.76. The van der Waals surface area contributed by atoms with Crippen LogP contribution in [0.2, 0.25) is 0 Å². The summed E-state index contributed by atoms with van der Waals surface area (Å²) >= 11 is 0. The molecule has 2 rings (SSSR count). The zero-order chi connectivity index (χ0) is 11.5. The fourth-order valence-electron chi connectivity index (χ4n) is 1.24. The maximum Gasteiger partial charge on any atom is 0.246 e. The van der Waals surface area contributed by atoms with Crippen molar-refractivity contribution >= 4 is 5.88 Å². The molecule has 0 aliphatic rings. The summed E-state index contributed by atoms with van der Waals surface area (Å²) in [4.78, 5) is 3.82. The number of rotatable bonds is 2. The zero-order valence-electron chi connectivity index (χ0n) is 8.07. The van der Waals surface area contributed by atoms with Gasteiger partial charge in [0, 0.05) is 0 Å². The summed E-state index contributed by atoms with van der Waals surface area (Å²) in [7, 11) is 0. The third kappa shape index (κ3) is 1.60. The SMILES string of the molecule is N#Cc1nc(-c2ccccc2F)oc1NN. The molecule has 0 unspecified atom stereocenters. The van der Waals surface area contributed by atoms with E-state index in [4.69, 9.17) is 15.5 Å². The molecule has 16 heavy (non-hydrogen) atoms. The van der Waals surface area contributed by atoms with E-state index in [1.165, 1.54) is 12.1 Å². The van der Waals surface area contributed by atoms with E-state index in [0.29, 0.717) is 0 Å². The normalized spacial score (nSPS) is 9.81. The van der Waals surface area contributed by atoms with Gasteiger partial charge in [0.1, 0.15) is 11.9 Å². The fourth-order valence-corrected chi connectivity index (χ4v) is 1.24. The first-order chi connectivity index (χ1) is 7.76. The predicted molar refractivity (Wildman–Crippen MR) is 54.4 cm³/mol. The number of nitrogens with two attached hydrogens (primary N) is 1. The number of halogens is 1. The molecule has 2 aromatic rings. The van der Waals surface area contributed by atoms with Crippen LogP contribution in [0.4, 0.5) is 10.3 Å². The highest BCUT2D eigenvalue weighted by Crippen LogP contribution is 2.26. The number of nitrogens with zero attached hydrogens (tertiary/aromatic N) is 2. The number of anilines is 1. The number of hydrogen-bond donors (Lipinski definition) is 2. The quantitative estimate of drug-likeness (QED) is 0.590. The Bertz CT molecular complexity index is 558. The molecule has 0 bridgehead atoms. The number of hydrogen-bond acceptors (Lipinski definition) is 5. The van der Waals surface area contributed by atoms with E-state index in [2.05, 4.69) is 10.4 Å². The minimum absolute atomic E-state index is 0.0132. The van der Waals surface area contributed by atoms with Crippen molar-refractivity contribution in [2.75, 3.05) is 5.43 Å². The van der Waals surface area contributed by atoms with Gasteiger partial charge in [-0.05, 0) is 12.1 Å². The Labute approximate surface area is 90.3 Å². The van der Waals surface area contributed by atoms with Crippen molar-refractivity contribution in [2.45, 2.75) is 0 Å². The molecule has 0 fully saturated rings. The molecule has 0 amide bonds. The summed E-state index contributed by atoms with van der Waals surface area (Å²) in [5.41, 5.74) is 2.35. The van der Waals surface area contributed by atoms with Gasteiger partial charge >= 0.3 is 0 Å². The summed E-state index contributed by atoms with van der Waals surface area (Å²) < 4.78 is 18.5. The van der Waals surface area contributed by atoms with Crippen LogP contribution in [0.5, 0.6) is 0 Å². The minimum Gasteiger partial charge on any atom is -0.418 e. The van der Waals surface area contributed by atoms with Crippen molar-refractivity contribution in [3.05, 3.63) is 35.8 Å². The van der Waals surface area contributed by atoms with E-state index in [0.717, 1.165) is 0 Å². The number of nitrogens with one attached hydrogen (secondary N) is 1. The molecule has 0 aliphatic carbocycles. The lowest BCUT2D eigenvalue weighted by molar-refractivity contribution is 0.572. The molecular weight excluding hydrogens is 211 g/mol. The van der Waals surface area contributed by atoms with Crippen LogP contribution >= 0.6 is 0 Å². The van der Waals surface area contributed by atoms with Crippen LogP contribution in [0.3, 0.4) is 0 Å². The number of oxazole rings is 1. The third-order valence-corrected chi connectivity index (χ3v) is 1.97. The van der Waals surface area contributed by atoms with Gasteiger partial charge in [-0.2, -0.15) is 10.2 Å². The largest absolute Gasteiger partial charge is 0.418 e. The minimum atomic E-state index is -0.475. The van der Waals surface area contributed by atoms with E-state index >= 15 is 0 Å². The molecule has 0 saturated heterocycles. The van der Waals surface area contributed by atoms with E-state index in [-0.39, 0.29) is 23.0 Å². The molecule has 5 nitrogen and oxygen atoms in total. The lowest BCUT2D eigenvalue weighted by atomic mass is 10.2. The van der Waals surface area contributed by atoms with Gasteiger partial charge in [0.15, 0.2) is 0 Å². The number of nitrogen functional groups attached to an aromatic ring is 1. The lowest BCUT2D eigenvalue weighted by Gasteiger charge is -1.96. The first-order valence-electron chi connectivity index (χ1n) is 4.38. The van der Waals surface area contributed by atoms with Crippen molar-refractivity contribution in [3.8, 4) is 17.5 Å². The molecular formula is C10H7FN4O. The second-order valence-electron chi connectivity index (χ2n) is 2.93. The molecule has 0 radical (unpaired) electrons. The molecule has 80 valence electrons. The predicted octanol–water partition coefficient (Wildman–Crippen LogP) is 1.64. The highest BCUT2D eigenvalue weighted by atomic mass is 19.1. The van der Waals surface area contributed by atoms with Crippen molar-refractivity contribution in [3.63, 3.8) is 0 Å². The second kappa shape index (κ2) is 4.00. The van der Waals surface area contributed by atoms with Gasteiger partial charge in [-0.3, -0.25) is 5.43 Å². The van der Waals surface area contributed by atoms with Gasteiger partial charge in [-0.1, -0.05) is 12.1 Å². The van der Waals surface area contributed by atoms with Crippen molar-refractivity contribution in [2.24, 2.45) is 5.84 Å². The Morgan fingerprint density at radius 2 is 2.19 bits per heavy atom. The van der Waals surface area contributed by atoms with Gasteiger partial charge in [0.05, 0.1) is 5.56 Å². The number of benzene rings is 1. The van der Waals surface area contributed by atoms with Gasteiger partial charge in [0.2, 0.25) is 17.5 Å². The van der Waals surface area contributed by atoms with Gasteiger partial charge < -0.3 is 4.42 Å². The zero-order valence-corrected chi connectivity index (χ0v) is 8.07. The third-order valence-electron chi connectivity index (χ3n) is 1.97. The second-order valence-corrected chi connectivity index (χ2v) is 2.93. The van der Waals surface area contributed by atoms with Gasteiger partial charge in [-0.15, -0.1) is 0 Å². The average Bonchev–Trinajstić information content (AvgIpc) is 2.72. The average molecular weight is 218 g/mol. The molecule has 1 heterocycles. The van der Waals surface area contributed by atoms with Crippen LogP contribution in [-0.2, 0) is 0 Å². The first kappa shape index (κ1) is 10.1. The van der Waals surface area contributed by atoms with E-state index in [1.807, 2.05) is 0 Å². The topological polar surface area (TPSA) is 87.9 Å².